The van der Waals surface area contributed by atoms with Crippen molar-refractivity contribution in [3.8, 4) is 0 Å². The number of hydrogen-bond acceptors (Lipinski definition) is 4. The maximum Gasteiger partial charge on any atom is 0.282 e. The Hall–Kier alpha value is -2.93. The zero-order valence-corrected chi connectivity index (χ0v) is 17.7. The molecule has 1 aliphatic rings. The Bertz CT molecular complexity index is 1320. The van der Waals surface area contributed by atoms with Crippen molar-refractivity contribution >= 4 is 50.4 Å². The van der Waals surface area contributed by atoms with Crippen molar-refractivity contribution in [2.24, 2.45) is 4.40 Å². The van der Waals surface area contributed by atoms with Crippen molar-refractivity contribution in [2.75, 3.05) is 5.32 Å². The second kappa shape index (κ2) is 8.07. The number of anilines is 1. The second-order valence-electron chi connectivity index (χ2n) is 6.45. The molecule has 0 heterocycles. The molecule has 0 spiro atoms. The molecule has 0 unspecified atom stereocenters. The Morgan fingerprint density at radius 1 is 0.800 bits per heavy atom. The van der Waals surface area contributed by atoms with Crippen LogP contribution in [0, 0.1) is 0 Å². The number of nitrogens with zero attached hydrogens (tertiary/aromatic N) is 1. The van der Waals surface area contributed by atoms with Crippen LogP contribution in [0.1, 0.15) is 15.9 Å². The first-order valence-corrected chi connectivity index (χ1v) is 11.0. The molecule has 0 saturated heterocycles. The summed E-state index contributed by atoms with van der Waals surface area (Å²) in [5.41, 5.74) is 1.67. The Labute approximate surface area is 183 Å². The lowest BCUT2D eigenvalue weighted by atomic mass is 9.92. The van der Waals surface area contributed by atoms with Gasteiger partial charge in [-0.3, -0.25) is 4.79 Å². The molecule has 0 amide bonds. The molecule has 3 aromatic carbocycles. The van der Waals surface area contributed by atoms with Crippen LogP contribution < -0.4 is 5.32 Å². The van der Waals surface area contributed by atoms with Gasteiger partial charge in [-0.1, -0.05) is 65.7 Å². The minimum atomic E-state index is -3.96. The van der Waals surface area contributed by atoms with Gasteiger partial charge in [0.2, 0.25) is 5.78 Å². The first-order valence-electron chi connectivity index (χ1n) is 8.83. The number of ketones is 1. The van der Waals surface area contributed by atoms with Gasteiger partial charge >= 0.3 is 0 Å². The molecular formula is C22H14Cl2N2O3S. The number of sulfonamides is 1. The molecule has 0 saturated carbocycles. The number of fused-ring (bicyclic) bond motifs is 1. The Balaban J connectivity index is 1.81. The van der Waals surface area contributed by atoms with Crippen molar-refractivity contribution in [3.63, 3.8) is 0 Å². The Morgan fingerprint density at radius 2 is 1.47 bits per heavy atom. The number of allylic oxidation sites excluding steroid dienone is 2. The minimum absolute atomic E-state index is 0.0688. The van der Waals surface area contributed by atoms with Gasteiger partial charge in [-0.25, -0.2) is 0 Å². The number of carbonyl (C=O) groups excluding carboxylic acids is 1. The number of benzene rings is 3. The summed E-state index contributed by atoms with van der Waals surface area (Å²) < 4.78 is 29.6. The average molecular weight is 457 g/mol. The monoisotopic (exact) mass is 456 g/mol. The van der Waals surface area contributed by atoms with Gasteiger partial charge in [0, 0.05) is 16.8 Å². The number of nitrogens with one attached hydrogen (secondary N) is 1. The van der Waals surface area contributed by atoms with E-state index in [0.717, 1.165) is 0 Å². The highest BCUT2D eigenvalue weighted by molar-refractivity contribution is 7.90. The van der Waals surface area contributed by atoms with Crippen LogP contribution in [0.3, 0.4) is 0 Å². The van der Waals surface area contributed by atoms with Gasteiger partial charge in [0.25, 0.3) is 10.0 Å². The third kappa shape index (κ3) is 4.03. The van der Waals surface area contributed by atoms with Crippen LogP contribution in [0.5, 0.6) is 0 Å². The van der Waals surface area contributed by atoms with Crippen LogP contribution in [0.25, 0.3) is 0 Å². The summed E-state index contributed by atoms with van der Waals surface area (Å²) in [7, 11) is -3.96. The summed E-state index contributed by atoms with van der Waals surface area (Å²) in [6, 6.07) is 19.5. The summed E-state index contributed by atoms with van der Waals surface area (Å²) in [4.78, 5) is 13.0. The van der Waals surface area contributed by atoms with Crippen LogP contribution >= 0.6 is 23.2 Å². The van der Waals surface area contributed by atoms with Crippen molar-refractivity contribution in [1.29, 1.82) is 0 Å². The highest BCUT2D eigenvalue weighted by atomic mass is 35.5. The van der Waals surface area contributed by atoms with E-state index in [0.29, 0.717) is 26.9 Å². The quantitative estimate of drug-likeness (QED) is 0.572. The van der Waals surface area contributed by atoms with E-state index in [1.165, 1.54) is 18.2 Å². The standard InChI is InChI=1S/C22H14Cl2N2O3S/c23-18-11-10-14(12-19(18)24)25-21-13-20(16-8-4-5-9-17(16)22(21)27)26-30(28,29)15-6-2-1-3-7-15/h1-13,25H/b26-20-. The van der Waals surface area contributed by atoms with E-state index in [1.54, 1.807) is 60.7 Å². The molecule has 0 atom stereocenters. The Morgan fingerprint density at radius 3 is 2.17 bits per heavy atom. The average Bonchev–Trinajstić information content (AvgIpc) is 2.74. The molecule has 150 valence electrons. The van der Waals surface area contributed by atoms with Crippen LogP contribution in [0.15, 0.2) is 93.9 Å². The van der Waals surface area contributed by atoms with Gasteiger partial charge in [-0.05, 0) is 36.4 Å². The molecule has 8 heteroatoms. The number of Topliss-reactive ketones (excluding diaryl/α,β-unsaturated/α-hetero) is 1. The van der Waals surface area contributed by atoms with E-state index in [9.17, 15) is 13.2 Å². The predicted octanol–water partition coefficient (Wildman–Crippen LogP) is 5.36. The maximum absolute atomic E-state index is 13.0. The van der Waals surface area contributed by atoms with Crippen molar-refractivity contribution in [3.05, 3.63) is 106 Å². The van der Waals surface area contributed by atoms with Crippen LogP contribution in [-0.4, -0.2) is 19.9 Å². The zero-order chi connectivity index (χ0) is 21.3. The van der Waals surface area contributed by atoms with E-state index in [4.69, 9.17) is 23.2 Å². The summed E-state index contributed by atoms with van der Waals surface area (Å²) in [5, 5.41) is 3.70. The van der Waals surface area contributed by atoms with Gasteiger partial charge in [0.1, 0.15) is 0 Å². The summed E-state index contributed by atoms with van der Waals surface area (Å²) in [6.07, 6.45) is 1.42. The first-order chi connectivity index (χ1) is 14.3. The molecule has 0 fully saturated rings. The second-order valence-corrected chi connectivity index (χ2v) is 8.87. The summed E-state index contributed by atoms with van der Waals surface area (Å²) in [5.74, 6) is -0.285. The lowest BCUT2D eigenvalue weighted by Gasteiger charge is -2.19. The Kier molecular flexibility index (Phi) is 5.47. The van der Waals surface area contributed by atoms with E-state index < -0.39 is 10.0 Å². The van der Waals surface area contributed by atoms with Crippen molar-refractivity contribution < 1.29 is 13.2 Å². The van der Waals surface area contributed by atoms with Gasteiger partial charge < -0.3 is 5.32 Å². The number of rotatable bonds is 4. The number of hydrogen-bond donors (Lipinski definition) is 1. The van der Waals surface area contributed by atoms with Crippen LogP contribution in [0.2, 0.25) is 10.0 Å². The molecule has 0 aliphatic heterocycles. The van der Waals surface area contributed by atoms with E-state index in [1.807, 2.05) is 0 Å². The first kappa shape index (κ1) is 20.3. The highest BCUT2D eigenvalue weighted by Crippen LogP contribution is 2.28. The summed E-state index contributed by atoms with van der Waals surface area (Å²) >= 11 is 12.0. The third-order valence-corrected chi connectivity index (χ3v) is 6.48. The van der Waals surface area contributed by atoms with E-state index in [2.05, 4.69) is 9.71 Å². The minimum Gasteiger partial charge on any atom is -0.352 e. The molecule has 0 bridgehead atoms. The smallest absolute Gasteiger partial charge is 0.282 e. The van der Waals surface area contributed by atoms with E-state index in [-0.39, 0.29) is 22.1 Å². The van der Waals surface area contributed by atoms with Crippen LogP contribution in [-0.2, 0) is 10.0 Å². The molecule has 1 N–H and O–H groups in total. The molecule has 3 aromatic rings. The topological polar surface area (TPSA) is 75.6 Å². The largest absolute Gasteiger partial charge is 0.352 e. The van der Waals surface area contributed by atoms with E-state index >= 15 is 0 Å². The summed E-state index contributed by atoms with van der Waals surface area (Å²) in [6.45, 7) is 0. The van der Waals surface area contributed by atoms with Crippen LogP contribution in [0.4, 0.5) is 5.69 Å². The predicted molar refractivity (Wildman–Crippen MR) is 119 cm³/mol. The molecule has 0 radical (unpaired) electrons. The fourth-order valence-electron chi connectivity index (χ4n) is 3.00. The fourth-order valence-corrected chi connectivity index (χ4v) is 4.32. The maximum atomic E-state index is 13.0. The van der Waals surface area contributed by atoms with Gasteiger partial charge in [0.15, 0.2) is 0 Å². The van der Waals surface area contributed by atoms with Crippen molar-refractivity contribution in [2.45, 2.75) is 4.90 Å². The fraction of sp³-hybridized carbons (Fsp3) is 0. The van der Waals surface area contributed by atoms with Crippen molar-refractivity contribution in [1.82, 2.24) is 0 Å². The molecule has 0 aromatic heterocycles. The van der Waals surface area contributed by atoms with Gasteiger partial charge in [-0.2, -0.15) is 12.8 Å². The molecule has 1 aliphatic carbocycles. The lowest BCUT2D eigenvalue weighted by Crippen LogP contribution is -2.22. The van der Waals surface area contributed by atoms with Gasteiger partial charge in [0.05, 0.1) is 26.3 Å². The lowest BCUT2D eigenvalue weighted by molar-refractivity contribution is 0.103. The SMILES string of the molecule is O=C1C(Nc2ccc(Cl)c(Cl)c2)=C/C(=N/S(=O)(=O)c2ccccc2)c2ccccc21. The number of halogens is 2. The number of carbonyl (C=O) groups is 1. The molecular weight excluding hydrogens is 443 g/mol. The third-order valence-electron chi connectivity index (χ3n) is 4.43. The normalized spacial score (nSPS) is 14.9. The molecule has 30 heavy (non-hydrogen) atoms. The van der Waals surface area contributed by atoms with Gasteiger partial charge in [-0.15, -0.1) is 0 Å². The zero-order valence-electron chi connectivity index (χ0n) is 15.3. The molecule has 5 nitrogen and oxygen atoms in total. The molecule has 4 rings (SSSR count). The highest BCUT2D eigenvalue weighted by Gasteiger charge is 2.26.